The Bertz CT molecular complexity index is 737. The second-order valence-corrected chi connectivity index (χ2v) is 4.54. The molecule has 0 amide bonds. The van der Waals surface area contributed by atoms with Crippen LogP contribution in [0.3, 0.4) is 0 Å². The van der Waals surface area contributed by atoms with Crippen molar-refractivity contribution in [2.75, 3.05) is 0 Å². The molecule has 1 nitrogen and oxygen atoms in total. The van der Waals surface area contributed by atoms with Crippen LogP contribution in [-0.4, -0.2) is 0 Å². The Kier molecular flexibility index (Phi) is 3.65. The van der Waals surface area contributed by atoms with Crippen LogP contribution < -0.4 is 4.74 Å². The highest BCUT2D eigenvalue weighted by Crippen LogP contribution is 2.28. The molecule has 0 bridgehead atoms. The molecule has 0 aliphatic carbocycles. The van der Waals surface area contributed by atoms with Crippen molar-refractivity contribution in [3.63, 3.8) is 0 Å². The fourth-order valence-corrected chi connectivity index (χ4v) is 2.04. The van der Waals surface area contributed by atoms with Crippen LogP contribution in [0, 0.1) is 11.6 Å². The van der Waals surface area contributed by atoms with Crippen molar-refractivity contribution in [1.82, 2.24) is 0 Å². The lowest BCUT2D eigenvalue weighted by atomic mass is 10.1. The summed E-state index contributed by atoms with van der Waals surface area (Å²) in [6, 6.07) is 20.9. The van der Waals surface area contributed by atoms with Gasteiger partial charge in [0, 0.05) is 0 Å². The monoisotopic (exact) mass is 282 g/mol. The molecule has 3 aromatic carbocycles. The summed E-state index contributed by atoms with van der Waals surface area (Å²) in [6.45, 7) is 0. The summed E-state index contributed by atoms with van der Waals surface area (Å²) >= 11 is 0. The summed E-state index contributed by atoms with van der Waals surface area (Å²) in [7, 11) is 0. The zero-order valence-corrected chi connectivity index (χ0v) is 11.1. The molecule has 0 radical (unpaired) electrons. The Balaban J connectivity index is 1.83. The van der Waals surface area contributed by atoms with Crippen LogP contribution in [-0.2, 0) is 0 Å². The molecule has 0 aliphatic heterocycles. The fraction of sp³-hybridized carbons (Fsp3) is 0. The standard InChI is InChI=1S/C18H12F2O/c19-16-7-4-8-17(18(16)20)21-15-11-9-14(10-12-15)13-5-2-1-3-6-13/h1-12H. The van der Waals surface area contributed by atoms with Gasteiger partial charge in [-0.25, -0.2) is 4.39 Å². The van der Waals surface area contributed by atoms with E-state index in [-0.39, 0.29) is 5.75 Å². The van der Waals surface area contributed by atoms with Crippen LogP contribution in [0.1, 0.15) is 0 Å². The van der Waals surface area contributed by atoms with Crippen molar-refractivity contribution >= 4 is 0 Å². The quantitative estimate of drug-likeness (QED) is 0.623. The molecule has 0 heterocycles. The minimum atomic E-state index is -0.982. The van der Waals surface area contributed by atoms with Crippen molar-refractivity contribution in [3.05, 3.63) is 84.4 Å². The summed E-state index contributed by atoms with van der Waals surface area (Å²) in [5.41, 5.74) is 2.11. The predicted molar refractivity (Wildman–Crippen MR) is 78.3 cm³/mol. The van der Waals surface area contributed by atoms with Gasteiger partial charge in [-0.3, -0.25) is 0 Å². The molecular formula is C18H12F2O. The summed E-state index contributed by atoms with van der Waals surface area (Å²) in [5.74, 6) is -1.57. The van der Waals surface area contributed by atoms with E-state index in [9.17, 15) is 8.78 Å². The third-order valence-corrected chi connectivity index (χ3v) is 3.11. The Labute approximate surface area is 121 Å². The minimum Gasteiger partial charge on any atom is -0.454 e. The van der Waals surface area contributed by atoms with Gasteiger partial charge in [0.05, 0.1) is 0 Å². The summed E-state index contributed by atoms with van der Waals surface area (Å²) in [5, 5.41) is 0. The predicted octanol–water partition coefficient (Wildman–Crippen LogP) is 5.42. The van der Waals surface area contributed by atoms with Crippen molar-refractivity contribution < 1.29 is 13.5 Å². The molecular weight excluding hydrogens is 270 g/mol. The van der Waals surface area contributed by atoms with Gasteiger partial charge in [-0.05, 0) is 35.4 Å². The molecule has 0 aliphatic rings. The van der Waals surface area contributed by atoms with E-state index in [1.807, 2.05) is 42.5 Å². The van der Waals surface area contributed by atoms with Crippen LogP contribution in [0.4, 0.5) is 8.78 Å². The number of ether oxygens (including phenoxy) is 1. The summed E-state index contributed by atoms with van der Waals surface area (Å²) < 4.78 is 32.0. The van der Waals surface area contributed by atoms with Gasteiger partial charge >= 0.3 is 0 Å². The second kappa shape index (κ2) is 5.75. The Morgan fingerprint density at radius 2 is 1.29 bits per heavy atom. The van der Waals surface area contributed by atoms with Crippen molar-refractivity contribution in [2.45, 2.75) is 0 Å². The number of benzene rings is 3. The lowest BCUT2D eigenvalue weighted by Gasteiger charge is -2.08. The van der Waals surface area contributed by atoms with Crippen LogP contribution in [0.2, 0.25) is 0 Å². The molecule has 3 rings (SSSR count). The molecule has 0 atom stereocenters. The van der Waals surface area contributed by atoms with Gasteiger partial charge in [-0.15, -0.1) is 0 Å². The van der Waals surface area contributed by atoms with Crippen LogP contribution in [0.15, 0.2) is 72.8 Å². The molecule has 0 saturated heterocycles. The highest BCUT2D eigenvalue weighted by Gasteiger charge is 2.09. The molecule has 0 fully saturated rings. The molecule has 21 heavy (non-hydrogen) atoms. The number of hydrogen-bond acceptors (Lipinski definition) is 1. The van der Waals surface area contributed by atoms with Gasteiger partial charge in [0.1, 0.15) is 5.75 Å². The Morgan fingerprint density at radius 1 is 0.619 bits per heavy atom. The lowest BCUT2D eigenvalue weighted by Crippen LogP contribution is -1.91. The van der Waals surface area contributed by atoms with Gasteiger partial charge < -0.3 is 4.74 Å². The molecule has 0 saturated carbocycles. The van der Waals surface area contributed by atoms with E-state index in [2.05, 4.69) is 0 Å². The highest BCUT2D eigenvalue weighted by atomic mass is 19.2. The van der Waals surface area contributed by atoms with Gasteiger partial charge in [0.2, 0.25) is 5.82 Å². The van der Waals surface area contributed by atoms with Crippen LogP contribution in [0.5, 0.6) is 11.5 Å². The first-order valence-electron chi connectivity index (χ1n) is 6.51. The van der Waals surface area contributed by atoms with Crippen molar-refractivity contribution in [1.29, 1.82) is 0 Å². The molecule has 0 spiro atoms. The largest absolute Gasteiger partial charge is 0.454 e. The average molecular weight is 282 g/mol. The number of halogens is 2. The maximum Gasteiger partial charge on any atom is 0.201 e. The van der Waals surface area contributed by atoms with Crippen LogP contribution in [0.25, 0.3) is 11.1 Å². The van der Waals surface area contributed by atoms with Gasteiger partial charge in [0.15, 0.2) is 11.6 Å². The normalized spacial score (nSPS) is 10.4. The number of rotatable bonds is 3. The summed E-state index contributed by atoms with van der Waals surface area (Å²) in [4.78, 5) is 0. The van der Waals surface area contributed by atoms with Crippen molar-refractivity contribution in [3.8, 4) is 22.6 Å². The zero-order chi connectivity index (χ0) is 14.7. The SMILES string of the molecule is Fc1cccc(Oc2ccc(-c3ccccc3)cc2)c1F. The van der Waals surface area contributed by atoms with Crippen LogP contribution >= 0.6 is 0 Å². The Morgan fingerprint density at radius 3 is 2.00 bits per heavy atom. The van der Waals surface area contributed by atoms with E-state index in [4.69, 9.17) is 4.74 Å². The van der Waals surface area contributed by atoms with Crippen molar-refractivity contribution in [2.24, 2.45) is 0 Å². The lowest BCUT2D eigenvalue weighted by molar-refractivity contribution is 0.416. The summed E-state index contributed by atoms with van der Waals surface area (Å²) in [6.07, 6.45) is 0. The third-order valence-electron chi connectivity index (χ3n) is 3.11. The minimum absolute atomic E-state index is 0.123. The first kappa shape index (κ1) is 13.3. The highest BCUT2D eigenvalue weighted by molar-refractivity contribution is 5.64. The molecule has 0 aromatic heterocycles. The van der Waals surface area contributed by atoms with E-state index < -0.39 is 11.6 Å². The maximum absolute atomic E-state index is 13.5. The van der Waals surface area contributed by atoms with E-state index in [0.717, 1.165) is 17.2 Å². The molecule has 104 valence electrons. The van der Waals surface area contributed by atoms with Gasteiger partial charge in [-0.2, -0.15) is 4.39 Å². The number of hydrogen-bond donors (Lipinski definition) is 0. The van der Waals surface area contributed by atoms with E-state index in [0.29, 0.717) is 5.75 Å². The van der Waals surface area contributed by atoms with E-state index >= 15 is 0 Å². The topological polar surface area (TPSA) is 9.23 Å². The van der Waals surface area contributed by atoms with E-state index in [1.165, 1.54) is 12.1 Å². The molecule has 0 N–H and O–H groups in total. The Hall–Kier alpha value is -2.68. The van der Waals surface area contributed by atoms with E-state index in [1.54, 1.807) is 12.1 Å². The third kappa shape index (κ3) is 2.92. The smallest absolute Gasteiger partial charge is 0.201 e. The first-order chi connectivity index (χ1) is 10.2. The molecule has 3 heteroatoms. The van der Waals surface area contributed by atoms with Gasteiger partial charge in [-0.1, -0.05) is 48.5 Å². The second-order valence-electron chi connectivity index (χ2n) is 4.54. The molecule has 0 unspecified atom stereocenters. The molecule has 3 aromatic rings. The fourth-order valence-electron chi connectivity index (χ4n) is 2.04. The van der Waals surface area contributed by atoms with Gasteiger partial charge in [0.25, 0.3) is 0 Å². The zero-order valence-electron chi connectivity index (χ0n) is 11.1. The maximum atomic E-state index is 13.5. The first-order valence-corrected chi connectivity index (χ1v) is 6.51. The average Bonchev–Trinajstić information content (AvgIpc) is 2.53.